The van der Waals surface area contributed by atoms with E-state index in [1.807, 2.05) is 0 Å². The van der Waals surface area contributed by atoms with Gasteiger partial charge in [0, 0.05) is 22.5 Å². The number of hydrogen-bond acceptors (Lipinski definition) is 1. The predicted molar refractivity (Wildman–Crippen MR) is 314 cm³/mol. The summed E-state index contributed by atoms with van der Waals surface area (Å²) >= 11 is 0. The van der Waals surface area contributed by atoms with Gasteiger partial charge in [0.05, 0.1) is 5.41 Å². The fraction of sp³-hybridized carbons (Fsp3) is 0.0541. The maximum atomic E-state index is 2.52. The van der Waals surface area contributed by atoms with Crippen molar-refractivity contribution < 1.29 is 0 Å². The molecule has 0 heterocycles. The quantitative estimate of drug-likeness (QED) is 0.154. The Morgan fingerprint density at radius 3 is 1.29 bits per heavy atom. The van der Waals surface area contributed by atoms with E-state index in [2.05, 4.69) is 292 Å². The van der Waals surface area contributed by atoms with Gasteiger partial charge in [-0.1, -0.05) is 244 Å². The lowest BCUT2D eigenvalue weighted by Gasteiger charge is -2.32. The first-order valence-corrected chi connectivity index (χ1v) is 26.3. The number of hydrogen-bond donors (Lipinski definition) is 0. The first-order valence-electron chi connectivity index (χ1n) is 26.3. The molecule has 0 fully saturated rings. The normalized spacial score (nSPS) is 13.7. The molecule has 0 saturated heterocycles. The summed E-state index contributed by atoms with van der Waals surface area (Å²) in [6, 6.07) is 102. The summed E-state index contributed by atoms with van der Waals surface area (Å²) in [5.74, 6) is 0. The van der Waals surface area contributed by atoms with E-state index in [4.69, 9.17) is 0 Å². The summed E-state index contributed by atoms with van der Waals surface area (Å²) in [6.07, 6.45) is 0. The molecule has 0 atom stereocenters. The minimum atomic E-state index is -0.427. The zero-order chi connectivity index (χ0) is 49.8. The second-order valence-electron chi connectivity index (χ2n) is 21.1. The smallest absolute Gasteiger partial charge is 0.0731 e. The second kappa shape index (κ2) is 16.6. The molecule has 15 rings (SSSR count). The zero-order valence-corrected chi connectivity index (χ0v) is 41.9. The molecule has 0 aliphatic heterocycles. The molecule has 0 bridgehead atoms. The number of benzene rings is 12. The van der Waals surface area contributed by atoms with E-state index in [0.717, 1.165) is 17.1 Å². The Balaban J connectivity index is 0.833. The average Bonchev–Trinajstić information content (AvgIpc) is 4.08. The minimum Gasteiger partial charge on any atom is -0.310 e. The number of rotatable bonds is 7. The summed E-state index contributed by atoms with van der Waals surface area (Å²) in [5, 5.41) is 2.51. The van der Waals surface area contributed by atoms with Crippen molar-refractivity contribution in [3.8, 4) is 77.9 Å². The van der Waals surface area contributed by atoms with Gasteiger partial charge in [-0.05, 0) is 165 Å². The van der Waals surface area contributed by atoms with Crippen molar-refractivity contribution in [1.29, 1.82) is 0 Å². The SMILES string of the molecule is CC1(C)c2cc(-c3cccc4c3C3(c5ccccc5-c5ccccc53)c3ccccc3-4)ccc2-c2ccc(N(c3ccc(-c4ccc(-c5ccccc5)cc4)cc3)c3ccc(-c4cccc5ccccc45)cc3)cc21. The third kappa shape index (κ3) is 6.44. The highest BCUT2D eigenvalue weighted by atomic mass is 15.1. The lowest BCUT2D eigenvalue weighted by molar-refractivity contribution is 0.660. The van der Waals surface area contributed by atoms with Crippen molar-refractivity contribution in [3.63, 3.8) is 0 Å². The molecule has 1 spiro atoms. The van der Waals surface area contributed by atoms with Crippen LogP contribution in [0, 0.1) is 0 Å². The van der Waals surface area contributed by atoms with Crippen LogP contribution in [0.15, 0.2) is 273 Å². The highest BCUT2D eigenvalue weighted by Crippen LogP contribution is 2.65. The van der Waals surface area contributed by atoms with Crippen LogP contribution in [0.2, 0.25) is 0 Å². The summed E-state index contributed by atoms with van der Waals surface area (Å²) in [5.41, 5.74) is 28.5. The molecule has 12 aromatic rings. The first kappa shape index (κ1) is 43.3. The maximum Gasteiger partial charge on any atom is 0.0731 e. The van der Waals surface area contributed by atoms with Gasteiger partial charge in [0.15, 0.2) is 0 Å². The van der Waals surface area contributed by atoms with Crippen LogP contribution in [-0.4, -0.2) is 0 Å². The van der Waals surface area contributed by atoms with Crippen LogP contribution in [0.25, 0.3) is 88.7 Å². The van der Waals surface area contributed by atoms with Gasteiger partial charge >= 0.3 is 0 Å². The molecule has 75 heavy (non-hydrogen) atoms. The Kier molecular flexibility index (Phi) is 9.59. The molecule has 3 aliphatic carbocycles. The van der Waals surface area contributed by atoms with Crippen molar-refractivity contribution in [1.82, 2.24) is 0 Å². The molecule has 0 saturated carbocycles. The fourth-order valence-corrected chi connectivity index (χ4v) is 13.4. The third-order valence-corrected chi connectivity index (χ3v) is 16.9. The Bertz CT molecular complexity index is 4170. The monoisotopic (exact) mass is 953 g/mol. The van der Waals surface area contributed by atoms with E-state index < -0.39 is 5.41 Å². The molecular formula is C74H51N. The van der Waals surface area contributed by atoms with Gasteiger partial charge in [-0.2, -0.15) is 0 Å². The van der Waals surface area contributed by atoms with Gasteiger partial charge in [-0.3, -0.25) is 0 Å². The molecule has 12 aromatic carbocycles. The Labute approximate surface area is 439 Å². The van der Waals surface area contributed by atoms with Crippen LogP contribution in [0.1, 0.15) is 47.2 Å². The van der Waals surface area contributed by atoms with Gasteiger partial charge in [0.2, 0.25) is 0 Å². The molecule has 0 unspecified atom stereocenters. The molecule has 1 heteroatoms. The molecule has 0 aromatic heterocycles. The van der Waals surface area contributed by atoms with Gasteiger partial charge in [0.25, 0.3) is 0 Å². The van der Waals surface area contributed by atoms with E-state index in [-0.39, 0.29) is 5.41 Å². The summed E-state index contributed by atoms with van der Waals surface area (Å²) < 4.78 is 0. The molecule has 0 amide bonds. The number of fused-ring (bicyclic) bond motifs is 14. The van der Waals surface area contributed by atoms with Crippen LogP contribution in [-0.2, 0) is 10.8 Å². The van der Waals surface area contributed by atoms with Crippen molar-refractivity contribution in [2.24, 2.45) is 0 Å². The second-order valence-corrected chi connectivity index (χ2v) is 21.1. The van der Waals surface area contributed by atoms with Crippen LogP contribution in [0.5, 0.6) is 0 Å². The van der Waals surface area contributed by atoms with Crippen LogP contribution in [0.4, 0.5) is 17.1 Å². The minimum absolute atomic E-state index is 0.276. The van der Waals surface area contributed by atoms with Crippen molar-refractivity contribution >= 4 is 27.8 Å². The highest BCUT2D eigenvalue weighted by Gasteiger charge is 2.52. The molecule has 0 N–H and O–H groups in total. The molecule has 1 nitrogen and oxygen atoms in total. The van der Waals surface area contributed by atoms with E-state index in [9.17, 15) is 0 Å². The first-order chi connectivity index (χ1) is 36.9. The fourth-order valence-electron chi connectivity index (χ4n) is 13.4. The largest absolute Gasteiger partial charge is 0.310 e. The third-order valence-electron chi connectivity index (χ3n) is 16.9. The van der Waals surface area contributed by atoms with Gasteiger partial charge in [-0.25, -0.2) is 0 Å². The molecular weight excluding hydrogens is 903 g/mol. The van der Waals surface area contributed by atoms with E-state index in [1.165, 1.54) is 122 Å². The van der Waals surface area contributed by atoms with Crippen LogP contribution < -0.4 is 4.90 Å². The van der Waals surface area contributed by atoms with Crippen molar-refractivity contribution in [2.75, 3.05) is 4.90 Å². The Morgan fingerprint density at radius 2 is 0.653 bits per heavy atom. The Hall–Kier alpha value is -9.30. The maximum absolute atomic E-state index is 2.52. The molecule has 3 aliphatic rings. The van der Waals surface area contributed by atoms with E-state index in [0.29, 0.717) is 0 Å². The standard InChI is InChI=1S/C74H51N/c1-73(2)70-46-54(60-25-15-26-66-63-23-10-13-29-69(63)74(72(60)66)67-27-11-8-21-61(67)62-22-9-12-28-68(62)74)38-44-64(70)65-45-43-57(47-71(65)73)75(56-41-36-53(37-42-56)59-24-14-19-52-18-6-7-20-58(52)59)55-39-34-51(35-40-55)50-32-30-49(31-33-50)48-16-4-3-5-17-48/h3-47H,1-2H3. The average molecular weight is 954 g/mol. The van der Waals surface area contributed by atoms with Crippen molar-refractivity contribution in [3.05, 3.63) is 306 Å². The summed E-state index contributed by atoms with van der Waals surface area (Å²) in [6.45, 7) is 4.84. The highest BCUT2D eigenvalue weighted by molar-refractivity contribution is 6.00. The van der Waals surface area contributed by atoms with E-state index in [1.54, 1.807) is 0 Å². The zero-order valence-electron chi connectivity index (χ0n) is 41.9. The summed E-state index contributed by atoms with van der Waals surface area (Å²) in [4.78, 5) is 2.43. The van der Waals surface area contributed by atoms with Crippen LogP contribution in [0.3, 0.4) is 0 Å². The van der Waals surface area contributed by atoms with Crippen molar-refractivity contribution in [2.45, 2.75) is 24.7 Å². The summed E-state index contributed by atoms with van der Waals surface area (Å²) in [7, 11) is 0. The van der Waals surface area contributed by atoms with Gasteiger partial charge in [-0.15, -0.1) is 0 Å². The Morgan fingerprint density at radius 1 is 0.253 bits per heavy atom. The van der Waals surface area contributed by atoms with Gasteiger partial charge in [0.1, 0.15) is 0 Å². The molecule has 0 radical (unpaired) electrons. The molecule has 352 valence electrons. The number of anilines is 3. The van der Waals surface area contributed by atoms with Gasteiger partial charge < -0.3 is 4.90 Å². The topological polar surface area (TPSA) is 3.24 Å². The lowest BCUT2D eigenvalue weighted by Crippen LogP contribution is -2.26. The predicted octanol–water partition coefficient (Wildman–Crippen LogP) is 19.6. The van der Waals surface area contributed by atoms with E-state index >= 15 is 0 Å². The van der Waals surface area contributed by atoms with Crippen LogP contribution >= 0.6 is 0 Å². The lowest BCUT2D eigenvalue weighted by atomic mass is 9.68. The number of nitrogens with zero attached hydrogens (tertiary/aromatic N) is 1.